The molecule has 0 aromatic heterocycles. The summed E-state index contributed by atoms with van der Waals surface area (Å²) in [5.74, 6) is -0.236. The van der Waals surface area contributed by atoms with Crippen LogP contribution in [0.2, 0.25) is 0 Å². The number of hydrogen-bond donors (Lipinski definition) is 4. The predicted molar refractivity (Wildman–Crippen MR) is 439 cm³/mol. The normalized spacial score (nSPS) is 10.8. The fraction of sp³-hybridized carbons (Fsp3) is 0. The van der Waals surface area contributed by atoms with E-state index >= 15 is 0 Å². The largest absolute Gasteiger partial charge is 0.356 e. The SMILES string of the molecule is Fc1ccc(Nc2ccc3cc(-c4ccccc4)c(-c4ccccc4)cc3c2)cc1.c1ccc(Nc2ccc(-c3ccccc3)c3ccccc23)cc1.c1ccc(Nc2cccc(-c3c4ccccc4cc4ccccc34)c2)cc1.c1ccc(Nc2cccc(-c3cccc4ccccc34)c2)cc1. The fourth-order valence-corrected chi connectivity index (χ4v) is 13.4. The Morgan fingerprint density at radius 2 is 0.524 bits per heavy atom. The lowest BCUT2D eigenvalue weighted by molar-refractivity contribution is 0.628. The second-order valence-corrected chi connectivity index (χ2v) is 25.3. The summed E-state index contributed by atoms with van der Waals surface area (Å²) in [5.41, 5.74) is 20.8. The summed E-state index contributed by atoms with van der Waals surface area (Å²) < 4.78 is 13.2. The van der Waals surface area contributed by atoms with Crippen molar-refractivity contribution < 1.29 is 4.39 Å². The lowest BCUT2D eigenvalue weighted by atomic mass is 9.91. The maximum Gasteiger partial charge on any atom is 0.123 e. The number of benzene rings is 18. The van der Waals surface area contributed by atoms with Crippen LogP contribution < -0.4 is 21.3 Å². The first kappa shape index (κ1) is 65.3. The zero-order chi connectivity index (χ0) is 69.4. The van der Waals surface area contributed by atoms with Gasteiger partial charge in [0.2, 0.25) is 0 Å². The smallest absolute Gasteiger partial charge is 0.123 e. The van der Waals surface area contributed by atoms with Crippen LogP contribution in [0.25, 0.3) is 109 Å². The van der Waals surface area contributed by atoms with Crippen molar-refractivity contribution in [3.05, 3.63) is 424 Å². The van der Waals surface area contributed by atoms with Crippen LogP contribution in [0.4, 0.5) is 49.9 Å². The van der Waals surface area contributed by atoms with E-state index in [1.807, 2.05) is 66.7 Å². The quantitative estimate of drug-likeness (QED) is 0.0869. The summed E-state index contributed by atoms with van der Waals surface area (Å²) in [4.78, 5) is 0. The van der Waals surface area contributed by atoms with Gasteiger partial charge in [-0.3, -0.25) is 0 Å². The molecular weight excluding hydrogens is 1250 g/mol. The molecule has 0 fully saturated rings. The Bertz CT molecular complexity index is 5800. The van der Waals surface area contributed by atoms with Crippen molar-refractivity contribution in [2.24, 2.45) is 0 Å². The first-order valence-corrected chi connectivity index (χ1v) is 34.8. The third-order valence-electron chi connectivity index (χ3n) is 18.4. The van der Waals surface area contributed by atoms with E-state index in [4.69, 9.17) is 0 Å². The fourth-order valence-electron chi connectivity index (χ4n) is 13.4. The van der Waals surface area contributed by atoms with Gasteiger partial charge < -0.3 is 21.3 Å². The van der Waals surface area contributed by atoms with Crippen LogP contribution >= 0.6 is 0 Å². The van der Waals surface area contributed by atoms with E-state index in [1.54, 1.807) is 12.1 Å². The maximum atomic E-state index is 13.2. The molecule has 0 spiro atoms. The van der Waals surface area contributed by atoms with Crippen molar-refractivity contribution in [3.8, 4) is 55.6 Å². The van der Waals surface area contributed by atoms with E-state index < -0.39 is 0 Å². The van der Waals surface area contributed by atoms with Gasteiger partial charge in [0.1, 0.15) is 5.82 Å². The summed E-state index contributed by atoms with van der Waals surface area (Å²) in [6, 6.07) is 144. The highest BCUT2D eigenvalue weighted by molar-refractivity contribution is 6.13. The number of hydrogen-bond acceptors (Lipinski definition) is 4. The van der Waals surface area contributed by atoms with Crippen LogP contribution in [-0.2, 0) is 0 Å². The molecule has 0 amide bonds. The molecule has 18 aromatic rings. The molecule has 0 aliphatic carbocycles. The van der Waals surface area contributed by atoms with Gasteiger partial charge >= 0.3 is 0 Å². The second-order valence-electron chi connectivity index (χ2n) is 25.3. The summed E-state index contributed by atoms with van der Waals surface area (Å²) in [5, 5.41) is 26.4. The van der Waals surface area contributed by atoms with Crippen molar-refractivity contribution in [1.82, 2.24) is 0 Å². The van der Waals surface area contributed by atoms with Crippen molar-refractivity contribution in [3.63, 3.8) is 0 Å². The minimum atomic E-state index is -0.236. The average molecular weight is 1330 g/mol. The van der Waals surface area contributed by atoms with Crippen molar-refractivity contribution >= 4 is 99.4 Å². The molecule has 0 radical (unpaired) electrons. The highest BCUT2D eigenvalue weighted by atomic mass is 19.1. The second kappa shape index (κ2) is 31.5. The van der Waals surface area contributed by atoms with Crippen LogP contribution in [0.1, 0.15) is 0 Å². The lowest BCUT2D eigenvalue weighted by Crippen LogP contribution is -1.92. The van der Waals surface area contributed by atoms with E-state index in [1.165, 1.54) is 116 Å². The Morgan fingerprint density at radius 1 is 0.165 bits per heavy atom. The monoisotopic (exact) mass is 1320 g/mol. The van der Waals surface area contributed by atoms with Gasteiger partial charge in [-0.1, -0.05) is 297 Å². The van der Waals surface area contributed by atoms with Crippen LogP contribution in [0, 0.1) is 5.82 Å². The molecule has 18 rings (SSSR count). The summed E-state index contributed by atoms with van der Waals surface area (Å²) in [6.45, 7) is 0. The molecule has 492 valence electrons. The first-order chi connectivity index (χ1) is 51.0. The molecule has 0 saturated heterocycles. The predicted octanol–water partition coefficient (Wildman–Crippen LogP) is 28.0. The summed E-state index contributed by atoms with van der Waals surface area (Å²) >= 11 is 0. The molecule has 0 atom stereocenters. The Morgan fingerprint density at radius 3 is 1.08 bits per heavy atom. The van der Waals surface area contributed by atoms with Gasteiger partial charge in [-0.25, -0.2) is 4.39 Å². The van der Waals surface area contributed by atoms with Gasteiger partial charge in [0, 0.05) is 50.9 Å². The van der Waals surface area contributed by atoms with E-state index in [0.717, 1.165) is 50.9 Å². The van der Waals surface area contributed by atoms with Gasteiger partial charge in [0.05, 0.1) is 0 Å². The molecule has 5 heteroatoms. The Hall–Kier alpha value is -13.6. The number of anilines is 8. The van der Waals surface area contributed by atoms with Crippen LogP contribution in [0.5, 0.6) is 0 Å². The van der Waals surface area contributed by atoms with Crippen LogP contribution in [-0.4, -0.2) is 0 Å². The molecule has 0 heterocycles. The molecule has 0 bridgehead atoms. The molecule has 18 aromatic carbocycles. The molecule has 0 aliphatic rings. The third-order valence-corrected chi connectivity index (χ3v) is 18.4. The number of fused-ring (bicyclic) bond motifs is 5. The average Bonchev–Trinajstić information content (AvgIpc) is 0.774. The number of nitrogens with one attached hydrogen (secondary N) is 4. The minimum Gasteiger partial charge on any atom is -0.356 e. The summed E-state index contributed by atoms with van der Waals surface area (Å²) in [6.07, 6.45) is 0. The Kier molecular flexibility index (Phi) is 20.0. The highest BCUT2D eigenvalue weighted by Crippen LogP contribution is 2.41. The van der Waals surface area contributed by atoms with E-state index in [-0.39, 0.29) is 5.82 Å². The molecule has 4 N–H and O–H groups in total. The molecule has 0 saturated carbocycles. The minimum absolute atomic E-state index is 0.236. The topological polar surface area (TPSA) is 48.1 Å². The molecule has 0 unspecified atom stereocenters. The van der Waals surface area contributed by atoms with Gasteiger partial charge in [-0.05, 0) is 225 Å². The van der Waals surface area contributed by atoms with E-state index in [2.05, 4.69) is 349 Å². The number of para-hydroxylation sites is 3. The van der Waals surface area contributed by atoms with E-state index in [0.29, 0.717) is 0 Å². The molecule has 4 nitrogen and oxygen atoms in total. The Labute approximate surface area is 601 Å². The van der Waals surface area contributed by atoms with Gasteiger partial charge in [0.25, 0.3) is 0 Å². The molecule has 0 aliphatic heterocycles. The zero-order valence-corrected chi connectivity index (χ0v) is 56.7. The van der Waals surface area contributed by atoms with Gasteiger partial charge in [0.15, 0.2) is 0 Å². The first-order valence-electron chi connectivity index (χ1n) is 34.8. The number of rotatable bonds is 13. The van der Waals surface area contributed by atoms with E-state index in [9.17, 15) is 4.39 Å². The van der Waals surface area contributed by atoms with Crippen LogP contribution in [0.3, 0.4) is 0 Å². The summed E-state index contributed by atoms with van der Waals surface area (Å²) in [7, 11) is 0. The standard InChI is InChI=1S/C28H20FN.C26H19N.2C22H17N/c29-24-12-15-25(16-13-24)30-26-14-11-22-18-27(20-7-3-1-4-8-20)28(19-23(22)17-26)21-9-5-2-6-10-21;1-2-12-22(13-3-1)27-23-14-8-11-21(18-23)26-24-15-6-4-9-19(24)17-20-10-5-7-16-25(20)26;1-3-9-17(10-4-1)19-15-16-22(21-14-8-7-13-20(19)21)23-18-11-5-2-6-12-18;1-2-11-19(12-3-1)23-20-13-6-10-18(16-20)22-15-7-9-17-8-4-5-14-21(17)22/h1-19,30H;1-18,27H;2*1-16,23H. The maximum absolute atomic E-state index is 13.2. The zero-order valence-electron chi connectivity index (χ0n) is 56.7. The van der Waals surface area contributed by atoms with Crippen LogP contribution in [0.15, 0.2) is 419 Å². The van der Waals surface area contributed by atoms with Crippen molar-refractivity contribution in [1.29, 1.82) is 0 Å². The van der Waals surface area contributed by atoms with Gasteiger partial charge in [-0.15, -0.1) is 0 Å². The lowest BCUT2D eigenvalue weighted by Gasteiger charge is -2.14. The van der Waals surface area contributed by atoms with Crippen molar-refractivity contribution in [2.45, 2.75) is 0 Å². The van der Waals surface area contributed by atoms with Crippen molar-refractivity contribution in [2.75, 3.05) is 21.3 Å². The molecular formula is C98H73FN4. The Balaban J connectivity index is 0.000000111. The highest BCUT2D eigenvalue weighted by Gasteiger charge is 2.14. The van der Waals surface area contributed by atoms with Gasteiger partial charge in [-0.2, -0.15) is 0 Å². The number of halogens is 1. The third kappa shape index (κ3) is 15.8. The molecule has 103 heavy (non-hydrogen) atoms.